The van der Waals surface area contributed by atoms with Crippen LogP contribution < -0.4 is 10.1 Å². The van der Waals surface area contributed by atoms with Gasteiger partial charge in [0, 0.05) is 16.6 Å². The number of hydrogen-bond acceptors (Lipinski definition) is 3. The van der Waals surface area contributed by atoms with E-state index in [-0.39, 0.29) is 6.54 Å². The number of halogens is 2. The maximum atomic E-state index is 14.6. The van der Waals surface area contributed by atoms with Crippen LogP contribution in [0.25, 0.3) is 10.1 Å². The molecule has 0 unspecified atom stereocenters. The minimum atomic E-state index is -1.30. The average Bonchev–Trinajstić information content (AvgIpc) is 3.02. The summed E-state index contributed by atoms with van der Waals surface area (Å²) in [6.45, 7) is 0.126. The van der Waals surface area contributed by atoms with Gasteiger partial charge in [0.25, 0.3) is 0 Å². The van der Waals surface area contributed by atoms with Gasteiger partial charge in [0.15, 0.2) is 12.3 Å². The molecule has 2 aromatic carbocycles. The lowest BCUT2D eigenvalue weighted by molar-refractivity contribution is 0.101. The van der Waals surface area contributed by atoms with Gasteiger partial charge in [-0.15, -0.1) is 11.3 Å². The molecule has 0 aliphatic rings. The molecular weight excluding hydrogens is 316 g/mol. The van der Waals surface area contributed by atoms with Crippen molar-refractivity contribution in [2.45, 2.75) is 12.3 Å². The molecule has 0 saturated heterocycles. The Morgan fingerprint density at radius 1 is 1.17 bits per heavy atom. The maximum Gasteiger partial charge on any atom is 0.156 e. The SMILES string of the molecule is CNC[C@H](F)[C@@H](Oc1cccc2sccc12)c1cccc(F)c1. The Labute approximate surface area is 137 Å². The second-order valence-corrected chi connectivity index (χ2v) is 6.20. The van der Waals surface area contributed by atoms with Crippen LogP contribution in [-0.4, -0.2) is 19.8 Å². The first-order valence-electron chi connectivity index (χ1n) is 7.36. The second-order valence-electron chi connectivity index (χ2n) is 5.26. The van der Waals surface area contributed by atoms with Crippen molar-refractivity contribution in [1.29, 1.82) is 0 Å². The number of nitrogens with one attached hydrogen (secondary N) is 1. The van der Waals surface area contributed by atoms with E-state index in [0.717, 1.165) is 10.1 Å². The summed E-state index contributed by atoms with van der Waals surface area (Å²) in [6, 6.07) is 13.5. The van der Waals surface area contributed by atoms with Gasteiger partial charge in [-0.25, -0.2) is 8.78 Å². The van der Waals surface area contributed by atoms with Gasteiger partial charge >= 0.3 is 0 Å². The van der Waals surface area contributed by atoms with Gasteiger partial charge in [0.2, 0.25) is 0 Å². The third-order valence-electron chi connectivity index (χ3n) is 3.61. The zero-order valence-corrected chi connectivity index (χ0v) is 13.4. The van der Waals surface area contributed by atoms with Crippen molar-refractivity contribution in [1.82, 2.24) is 5.32 Å². The molecule has 0 amide bonds. The zero-order valence-electron chi connectivity index (χ0n) is 12.6. The Bertz CT molecular complexity index is 789. The first-order valence-corrected chi connectivity index (χ1v) is 8.24. The zero-order chi connectivity index (χ0) is 16.2. The monoisotopic (exact) mass is 333 g/mol. The highest BCUT2D eigenvalue weighted by Gasteiger charge is 2.25. The Hall–Kier alpha value is -1.98. The van der Waals surface area contributed by atoms with Crippen LogP contribution in [0, 0.1) is 5.82 Å². The highest BCUT2D eigenvalue weighted by atomic mass is 32.1. The predicted molar refractivity (Wildman–Crippen MR) is 90.4 cm³/mol. The summed E-state index contributed by atoms with van der Waals surface area (Å²) in [5, 5.41) is 5.71. The van der Waals surface area contributed by atoms with Crippen molar-refractivity contribution >= 4 is 21.4 Å². The second kappa shape index (κ2) is 7.06. The molecule has 0 spiro atoms. The summed E-state index contributed by atoms with van der Waals surface area (Å²) in [6.07, 6.45) is -2.17. The highest BCUT2D eigenvalue weighted by Crippen LogP contribution is 2.34. The number of ether oxygens (including phenoxy) is 1. The van der Waals surface area contributed by atoms with Crippen molar-refractivity contribution in [2.75, 3.05) is 13.6 Å². The fourth-order valence-corrected chi connectivity index (χ4v) is 3.35. The van der Waals surface area contributed by atoms with E-state index in [1.807, 2.05) is 29.6 Å². The molecule has 0 saturated carbocycles. The van der Waals surface area contributed by atoms with Crippen molar-refractivity contribution in [3.05, 3.63) is 65.3 Å². The Balaban J connectivity index is 1.97. The number of hydrogen-bond donors (Lipinski definition) is 1. The summed E-state index contributed by atoms with van der Waals surface area (Å²) < 4.78 is 35.2. The van der Waals surface area contributed by atoms with Gasteiger partial charge in [-0.2, -0.15) is 0 Å². The van der Waals surface area contributed by atoms with Crippen LogP contribution in [0.1, 0.15) is 11.7 Å². The van der Waals surface area contributed by atoms with E-state index in [4.69, 9.17) is 4.74 Å². The molecule has 0 radical (unpaired) electrons. The molecule has 1 heterocycles. The minimum Gasteiger partial charge on any atom is -0.482 e. The molecule has 0 bridgehead atoms. The van der Waals surface area contributed by atoms with Crippen molar-refractivity contribution in [3.8, 4) is 5.75 Å². The van der Waals surface area contributed by atoms with E-state index in [1.54, 1.807) is 30.5 Å². The highest BCUT2D eigenvalue weighted by molar-refractivity contribution is 7.17. The molecule has 0 fully saturated rings. The first-order chi connectivity index (χ1) is 11.2. The smallest absolute Gasteiger partial charge is 0.156 e. The number of rotatable bonds is 6. The average molecular weight is 333 g/mol. The summed E-state index contributed by atoms with van der Waals surface area (Å²) >= 11 is 1.60. The summed E-state index contributed by atoms with van der Waals surface area (Å²) in [5.41, 5.74) is 0.486. The van der Waals surface area contributed by atoms with Crippen LogP contribution in [0.5, 0.6) is 5.75 Å². The van der Waals surface area contributed by atoms with E-state index >= 15 is 0 Å². The third-order valence-corrected chi connectivity index (χ3v) is 4.50. The van der Waals surface area contributed by atoms with Crippen LogP contribution in [0.15, 0.2) is 53.9 Å². The number of fused-ring (bicyclic) bond motifs is 1. The largest absolute Gasteiger partial charge is 0.482 e. The van der Waals surface area contributed by atoms with Gasteiger partial charge < -0.3 is 10.1 Å². The summed E-state index contributed by atoms with van der Waals surface area (Å²) in [7, 11) is 1.68. The van der Waals surface area contributed by atoms with Crippen molar-refractivity contribution in [2.24, 2.45) is 0 Å². The van der Waals surface area contributed by atoms with E-state index < -0.39 is 18.1 Å². The molecule has 1 N–H and O–H groups in total. The molecule has 2 nitrogen and oxygen atoms in total. The molecule has 0 aliphatic carbocycles. The van der Waals surface area contributed by atoms with Crippen LogP contribution in [0.2, 0.25) is 0 Å². The van der Waals surface area contributed by atoms with Gasteiger partial charge in [-0.05, 0) is 48.3 Å². The first kappa shape index (κ1) is 15.9. The molecule has 1 aromatic heterocycles. The van der Waals surface area contributed by atoms with Gasteiger partial charge in [0.1, 0.15) is 11.6 Å². The molecule has 3 aromatic rings. The van der Waals surface area contributed by atoms with E-state index in [9.17, 15) is 8.78 Å². The molecule has 0 aliphatic heterocycles. The predicted octanol–water partition coefficient (Wildman–Crippen LogP) is 4.72. The lowest BCUT2D eigenvalue weighted by Crippen LogP contribution is -2.29. The van der Waals surface area contributed by atoms with Crippen LogP contribution >= 0.6 is 11.3 Å². The Morgan fingerprint density at radius 2 is 2.00 bits per heavy atom. The molecule has 120 valence electrons. The van der Waals surface area contributed by atoms with E-state index in [2.05, 4.69) is 5.32 Å². The normalized spacial score (nSPS) is 13.9. The number of alkyl halides is 1. The summed E-state index contributed by atoms with van der Waals surface area (Å²) in [4.78, 5) is 0. The van der Waals surface area contributed by atoms with Gasteiger partial charge in [-0.3, -0.25) is 0 Å². The maximum absolute atomic E-state index is 14.6. The lowest BCUT2D eigenvalue weighted by atomic mass is 10.0. The van der Waals surface area contributed by atoms with Gasteiger partial charge in [0.05, 0.1) is 0 Å². The third kappa shape index (κ3) is 3.51. The number of thiophene rings is 1. The van der Waals surface area contributed by atoms with Crippen LogP contribution in [-0.2, 0) is 0 Å². The van der Waals surface area contributed by atoms with Crippen molar-refractivity contribution in [3.63, 3.8) is 0 Å². The minimum absolute atomic E-state index is 0.126. The number of benzene rings is 2. The van der Waals surface area contributed by atoms with E-state index in [1.165, 1.54) is 12.1 Å². The van der Waals surface area contributed by atoms with Crippen LogP contribution in [0.3, 0.4) is 0 Å². The van der Waals surface area contributed by atoms with E-state index in [0.29, 0.717) is 11.3 Å². The fourth-order valence-electron chi connectivity index (χ4n) is 2.54. The standard InChI is InChI=1S/C18H17F2NOS/c1-21-11-15(20)18(12-4-2-5-13(19)10-12)22-16-6-3-7-17-14(16)8-9-23-17/h2-10,15,18,21H,11H2,1H3/t15-,18-/m0/s1. The van der Waals surface area contributed by atoms with Gasteiger partial charge in [-0.1, -0.05) is 18.2 Å². The Morgan fingerprint density at radius 3 is 2.78 bits per heavy atom. The topological polar surface area (TPSA) is 21.3 Å². The quantitative estimate of drug-likeness (QED) is 0.705. The molecule has 3 rings (SSSR count). The van der Waals surface area contributed by atoms with Crippen LogP contribution in [0.4, 0.5) is 8.78 Å². The summed E-state index contributed by atoms with van der Waals surface area (Å²) in [5.74, 6) is 0.207. The lowest BCUT2D eigenvalue weighted by Gasteiger charge is -2.23. The fraction of sp³-hybridized carbons (Fsp3) is 0.222. The Kier molecular flexibility index (Phi) is 4.88. The molecule has 5 heteroatoms. The molecule has 2 atom stereocenters. The molecule has 23 heavy (non-hydrogen) atoms. The molecular formula is C18H17F2NOS. The van der Waals surface area contributed by atoms with Crippen molar-refractivity contribution < 1.29 is 13.5 Å².